The molecule has 134 valence electrons. The van der Waals surface area contributed by atoms with E-state index in [0.29, 0.717) is 30.3 Å². The Morgan fingerprint density at radius 1 is 1.23 bits per heavy atom. The van der Waals surface area contributed by atoms with E-state index in [4.69, 9.17) is 9.47 Å². The molecule has 26 heavy (non-hydrogen) atoms. The van der Waals surface area contributed by atoms with Crippen LogP contribution in [0.3, 0.4) is 0 Å². The van der Waals surface area contributed by atoms with Gasteiger partial charge >= 0.3 is 0 Å². The molecule has 0 fully saturated rings. The lowest BCUT2D eigenvalue weighted by atomic mass is 10.1. The zero-order valence-corrected chi connectivity index (χ0v) is 14.4. The van der Waals surface area contributed by atoms with E-state index in [1.807, 2.05) is 42.1 Å². The normalized spacial score (nSPS) is 14.2. The number of nitrogens with zero attached hydrogens (tertiary/aromatic N) is 1. The van der Waals surface area contributed by atoms with Crippen molar-refractivity contribution in [2.75, 3.05) is 19.8 Å². The molecule has 1 amide bonds. The lowest BCUT2D eigenvalue weighted by Gasteiger charge is -2.21. The van der Waals surface area contributed by atoms with Crippen molar-refractivity contribution in [1.29, 1.82) is 0 Å². The molecule has 2 N–H and O–H groups in total. The number of aliphatic hydroxyl groups is 1. The van der Waals surface area contributed by atoms with Crippen molar-refractivity contribution in [3.8, 4) is 11.5 Å². The van der Waals surface area contributed by atoms with Crippen LogP contribution >= 0.6 is 0 Å². The number of hydrogen-bond donors (Lipinski definition) is 2. The predicted molar refractivity (Wildman–Crippen MR) is 97.6 cm³/mol. The second kappa shape index (κ2) is 6.72. The number of aromatic nitrogens is 1. The van der Waals surface area contributed by atoms with Gasteiger partial charge in [0, 0.05) is 25.3 Å². The van der Waals surface area contributed by atoms with Crippen LogP contribution in [0.25, 0.3) is 10.9 Å². The monoisotopic (exact) mass is 352 g/mol. The van der Waals surface area contributed by atoms with E-state index in [0.717, 1.165) is 16.5 Å². The molecule has 1 aliphatic heterocycles. The highest BCUT2D eigenvalue weighted by atomic mass is 16.6. The van der Waals surface area contributed by atoms with Gasteiger partial charge in [0.15, 0.2) is 11.5 Å². The molecular formula is C20H20N2O4. The quantitative estimate of drug-likeness (QED) is 0.756. The number of para-hydroxylation sites is 1. The van der Waals surface area contributed by atoms with E-state index in [-0.39, 0.29) is 12.5 Å². The van der Waals surface area contributed by atoms with Crippen molar-refractivity contribution in [2.45, 2.75) is 6.10 Å². The SMILES string of the molecule is Cn1ccc2cc(C(O)CNC(=O)c3cccc4c3OCCO4)ccc21. The van der Waals surface area contributed by atoms with Gasteiger partial charge in [-0.3, -0.25) is 4.79 Å². The Morgan fingerprint density at radius 2 is 2.08 bits per heavy atom. The zero-order valence-electron chi connectivity index (χ0n) is 14.4. The van der Waals surface area contributed by atoms with Gasteiger partial charge in [-0.15, -0.1) is 0 Å². The number of hydrogen-bond acceptors (Lipinski definition) is 4. The van der Waals surface area contributed by atoms with Gasteiger partial charge in [0.25, 0.3) is 5.91 Å². The number of carbonyl (C=O) groups excluding carboxylic acids is 1. The molecule has 0 bridgehead atoms. The maximum atomic E-state index is 12.5. The van der Waals surface area contributed by atoms with Crippen LogP contribution in [0.2, 0.25) is 0 Å². The number of aliphatic hydroxyl groups excluding tert-OH is 1. The van der Waals surface area contributed by atoms with Gasteiger partial charge in [0.1, 0.15) is 13.2 Å². The van der Waals surface area contributed by atoms with Crippen LogP contribution in [0.1, 0.15) is 22.0 Å². The van der Waals surface area contributed by atoms with Crippen LogP contribution in [0.4, 0.5) is 0 Å². The number of rotatable bonds is 4. The molecule has 6 heteroatoms. The van der Waals surface area contributed by atoms with Gasteiger partial charge in [0.05, 0.1) is 11.7 Å². The van der Waals surface area contributed by atoms with E-state index in [1.54, 1.807) is 18.2 Å². The summed E-state index contributed by atoms with van der Waals surface area (Å²) < 4.78 is 13.1. The third-order valence-electron chi connectivity index (χ3n) is 4.56. The molecular weight excluding hydrogens is 332 g/mol. The molecule has 0 spiro atoms. The highest BCUT2D eigenvalue weighted by molar-refractivity contribution is 5.97. The Kier molecular flexibility index (Phi) is 4.26. The van der Waals surface area contributed by atoms with Gasteiger partial charge in [-0.1, -0.05) is 12.1 Å². The summed E-state index contributed by atoms with van der Waals surface area (Å²) in [5.41, 5.74) is 2.27. The lowest BCUT2D eigenvalue weighted by Crippen LogP contribution is -2.29. The summed E-state index contributed by atoms with van der Waals surface area (Å²) in [5, 5.41) is 14.3. The van der Waals surface area contributed by atoms with Crippen molar-refractivity contribution < 1.29 is 19.4 Å². The molecule has 6 nitrogen and oxygen atoms in total. The van der Waals surface area contributed by atoms with Crippen LogP contribution < -0.4 is 14.8 Å². The number of fused-ring (bicyclic) bond motifs is 2. The first-order chi connectivity index (χ1) is 12.6. The molecule has 0 radical (unpaired) electrons. The summed E-state index contributed by atoms with van der Waals surface area (Å²) in [6, 6.07) is 13.0. The molecule has 0 aliphatic carbocycles. The fourth-order valence-corrected chi connectivity index (χ4v) is 3.16. The number of ether oxygens (including phenoxy) is 2. The Labute approximate surface area is 151 Å². The maximum absolute atomic E-state index is 12.5. The number of carbonyl (C=O) groups is 1. The van der Waals surface area contributed by atoms with E-state index >= 15 is 0 Å². The number of amides is 1. The number of aryl methyl sites for hydroxylation is 1. The summed E-state index contributed by atoms with van der Waals surface area (Å²) in [4.78, 5) is 12.5. The summed E-state index contributed by atoms with van der Waals surface area (Å²) >= 11 is 0. The molecule has 0 saturated heterocycles. The smallest absolute Gasteiger partial charge is 0.255 e. The average molecular weight is 352 g/mol. The predicted octanol–water partition coefficient (Wildman–Crippen LogP) is 2.41. The second-order valence-electron chi connectivity index (χ2n) is 6.30. The van der Waals surface area contributed by atoms with Crippen molar-refractivity contribution in [2.24, 2.45) is 7.05 Å². The highest BCUT2D eigenvalue weighted by Gasteiger charge is 2.21. The first-order valence-electron chi connectivity index (χ1n) is 8.53. The van der Waals surface area contributed by atoms with Gasteiger partial charge in [-0.05, 0) is 41.3 Å². The second-order valence-corrected chi connectivity index (χ2v) is 6.30. The summed E-state index contributed by atoms with van der Waals surface area (Å²) in [6.45, 7) is 0.997. The van der Waals surface area contributed by atoms with Gasteiger partial charge < -0.3 is 24.5 Å². The molecule has 4 rings (SSSR count). The minimum atomic E-state index is -0.791. The fourth-order valence-electron chi connectivity index (χ4n) is 3.16. The Morgan fingerprint density at radius 3 is 2.96 bits per heavy atom. The zero-order chi connectivity index (χ0) is 18.1. The molecule has 1 unspecified atom stereocenters. The Hall–Kier alpha value is -2.99. The highest BCUT2D eigenvalue weighted by Crippen LogP contribution is 2.33. The molecule has 2 heterocycles. The summed E-state index contributed by atoms with van der Waals surface area (Å²) in [6.07, 6.45) is 1.18. The molecule has 2 aromatic carbocycles. The van der Waals surface area contributed by atoms with Crippen LogP contribution in [-0.4, -0.2) is 35.3 Å². The van der Waals surface area contributed by atoms with Crippen molar-refractivity contribution >= 4 is 16.8 Å². The minimum absolute atomic E-state index is 0.113. The molecule has 1 aromatic heterocycles. The molecule has 1 aliphatic rings. The standard InChI is InChI=1S/C20H20N2O4/c1-22-8-7-13-11-14(5-6-16(13)22)17(23)12-21-20(24)15-3-2-4-18-19(15)26-10-9-25-18/h2-8,11,17,23H,9-10,12H2,1H3,(H,21,24). The van der Waals surface area contributed by atoms with Crippen LogP contribution in [0.5, 0.6) is 11.5 Å². The van der Waals surface area contributed by atoms with Crippen LogP contribution in [0.15, 0.2) is 48.7 Å². The van der Waals surface area contributed by atoms with E-state index in [1.165, 1.54) is 0 Å². The average Bonchev–Trinajstić information content (AvgIpc) is 3.05. The third kappa shape index (κ3) is 2.99. The van der Waals surface area contributed by atoms with Crippen molar-refractivity contribution in [1.82, 2.24) is 9.88 Å². The largest absolute Gasteiger partial charge is 0.486 e. The van der Waals surface area contributed by atoms with E-state index in [9.17, 15) is 9.90 Å². The number of benzene rings is 2. The summed E-state index contributed by atoms with van der Waals surface area (Å²) in [7, 11) is 1.98. The first-order valence-corrected chi connectivity index (χ1v) is 8.53. The van der Waals surface area contributed by atoms with Gasteiger partial charge in [0.2, 0.25) is 0 Å². The van der Waals surface area contributed by atoms with Gasteiger partial charge in [-0.25, -0.2) is 0 Å². The minimum Gasteiger partial charge on any atom is -0.486 e. The fraction of sp³-hybridized carbons (Fsp3) is 0.250. The van der Waals surface area contributed by atoms with Crippen molar-refractivity contribution in [3.63, 3.8) is 0 Å². The van der Waals surface area contributed by atoms with Crippen LogP contribution in [-0.2, 0) is 7.05 Å². The topological polar surface area (TPSA) is 72.7 Å². The van der Waals surface area contributed by atoms with E-state index < -0.39 is 6.10 Å². The third-order valence-corrected chi connectivity index (χ3v) is 4.56. The number of nitrogens with one attached hydrogen (secondary N) is 1. The summed E-state index contributed by atoms with van der Waals surface area (Å²) in [5.74, 6) is 0.725. The lowest BCUT2D eigenvalue weighted by molar-refractivity contribution is 0.0906. The molecule has 3 aromatic rings. The first kappa shape index (κ1) is 16.5. The molecule has 0 saturated carbocycles. The Bertz CT molecular complexity index is 964. The Balaban J connectivity index is 1.47. The van der Waals surface area contributed by atoms with Crippen molar-refractivity contribution in [3.05, 3.63) is 59.8 Å². The molecule has 1 atom stereocenters. The maximum Gasteiger partial charge on any atom is 0.255 e. The van der Waals surface area contributed by atoms with Crippen LogP contribution in [0, 0.1) is 0 Å². The van der Waals surface area contributed by atoms with Gasteiger partial charge in [-0.2, -0.15) is 0 Å². The van der Waals surface area contributed by atoms with E-state index in [2.05, 4.69) is 5.32 Å².